The van der Waals surface area contributed by atoms with Crippen LogP contribution in [0.2, 0.25) is 0 Å². The highest BCUT2D eigenvalue weighted by Gasteiger charge is 2.20. The van der Waals surface area contributed by atoms with Gasteiger partial charge in [-0.3, -0.25) is 0 Å². The Labute approximate surface area is 180 Å². The zero-order valence-corrected chi connectivity index (χ0v) is 20.0. The van der Waals surface area contributed by atoms with Crippen LogP contribution in [0.4, 0.5) is 0 Å². The molecule has 2 rings (SSSR count). The van der Waals surface area contributed by atoms with Gasteiger partial charge in [-0.05, 0) is 60.8 Å². The van der Waals surface area contributed by atoms with E-state index in [4.69, 9.17) is 10.2 Å². The number of para-hydroxylation sites is 2. The molecule has 2 N–H and O–H groups in total. The molecule has 2 aromatic rings. The fourth-order valence-electron chi connectivity index (χ4n) is 2.78. The van der Waals surface area contributed by atoms with Gasteiger partial charge in [-0.15, -0.1) is 0 Å². The predicted molar refractivity (Wildman–Crippen MR) is 128 cm³/mol. The Hall–Kier alpha value is -1.96. The minimum absolute atomic E-state index is 0.368. The lowest BCUT2D eigenvalue weighted by Gasteiger charge is -2.28. The van der Waals surface area contributed by atoms with Crippen molar-refractivity contribution < 1.29 is 10.2 Å². The molecule has 0 unspecified atom stereocenters. The molecular formula is C27H44O2. The van der Waals surface area contributed by atoms with Crippen LogP contribution in [0.3, 0.4) is 0 Å². The van der Waals surface area contributed by atoms with Crippen molar-refractivity contribution in [3.8, 4) is 11.5 Å². The van der Waals surface area contributed by atoms with Crippen molar-refractivity contribution in [2.45, 2.75) is 87.5 Å². The second-order valence-electron chi connectivity index (χ2n) is 9.50. The summed E-state index contributed by atoms with van der Waals surface area (Å²) in [6.45, 7) is 17.8. The summed E-state index contributed by atoms with van der Waals surface area (Å²) in [5.74, 6) is 0.736. The molecular weight excluding hydrogens is 356 g/mol. The minimum atomic E-state index is 0.368. The number of hydrogen-bond acceptors (Lipinski definition) is 2. The van der Waals surface area contributed by atoms with Crippen LogP contribution < -0.4 is 0 Å². The van der Waals surface area contributed by atoms with Gasteiger partial charge in [0.25, 0.3) is 0 Å². The van der Waals surface area contributed by atoms with Gasteiger partial charge >= 0.3 is 0 Å². The van der Waals surface area contributed by atoms with E-state index in [1.54, 1.807) is 12.1 Å². The maximum Gasteiger partial charge on any atom is 0.118 e. The predicted octanol–water partition coefficient (Wildman–Crippen LogP) is 8.43. The molecule has 0 heterocycles. The first-order chi connectivity index (χ1) is 13.4. The molecule has 2 heteroatoms. The van der Waals surface area contributed by atoms with Crippen LogP contribution in [0, 0.1) is 24.7 Å². The second kappa shape index (κ2) is 13.3. The first kappa shape index (κ1) is 27.0. The quantitative estimate of drug-likeness (QED) is 0.528. The molecule has 164 valence electrons. The van der Waals surface area contributed by atoms with E-state index < -0.39 is 0 Å². The summed E-state index contributed by atoms with van der Waals surface area (Å²) in [6.07, 6.45) is 6.81. The summed E-state index contributed by atoms with van der Waals surface area (Å²) in [4.78, 5) is 0. The zero-order chi connectivity index (χ0) is 22.5. The first-order valence-corrected chi connectivity index (χ1v) is 10.9. The Balaban J connectivity index is 0.000000423. The largest absolute Gasteiger partial charge is 0.508 e. The molecule has 29 heavy (non-hydrogen) atoms. The lowest BCUT2D eigenvalue weighted by Crippen LogP contribution is -2.15. The van der Waals surface area contributed by atoms with Crippen LogP contribution >= 0.6 is 0 Å². The third-order valence-corrected chi connectivity index (χ3v) is 5.65. The van der Waals surface area contributed by atoms with Crippen LogP contribution in [0.5, 0.6) is 11.5 Å². The Morgan fingerprint density at radius 2 is 1.03 bits per heavy atom. The van der Waals surface area contributed by atoms with Crippen molar-refractivity contribution in [3.63, 3.8) is 0 Å². The number of aromatic hydroxyl groups is 2. The van der Waals surface area contributed by atoms with Crippen LogP contribution in [-0.2, 0) is 0 Å². The van der Waals surface area contributed by atoms with Gasteiger partial charge in [0.05, 0.1) is 0 Å². The lowest BCUT2D eigenvalue weighted by atomic mass is 9.78. The molecule has 0 atom stereocenters. The van der Waals surface area contributed by atoms with E-state index in [0.717, 1.165) is 11.1 Å². The van der Waals surface area contributed by atoms with Gasteiger partial charge in [-0.25, -0.2) is 0 Å². The van der Waals surface area contributed by atoms with Crippen LogP contribution in [0.1, 0.15) is 84.8 Å². The number of phenolic OH excluding ortho intramolecular Hbond substituents is 2. The average molecular weight is 401 g/mol. The summed E-state index contributed by atoms with van der Waals surface area (Å²) < 4.78 is 0. The highest BCUT2D eigenvalue weighted by molar-refractivity contribution is 5.30. The molecule has 0 radical (unpaired) electrons. The molecule has 0 aliphatic carbocycles. The number of phenols is 2. The van der Waals surface area contributed by atoms with Crippen molar-refractivity contribution in [1.29, 1.82) is 0 Å². The molecule has 0 saturated carbocycles. The van der Waals surface area contributed by atoms with E-state index >= 15 is 0 Å². The van der Waals surface area contributed by atoms with E-state index in [-0.39, 0.29) is 0 Å². The summed E-state index contributed by atoms with van der Waals surface area (Å²) in [5, 5.41) is 17.8. The first-order valence-electron chi connectivity index (χ1n) is 10.9. The van der Waals surface area contributed by atoms with Crippen molar-refractivity contribution in [1.82, 2.24) is 0 Å². The zero-order valence-electron chi connectivity index (χ0n) is 20.0. The molecule has 0 saturated heterocycles. The molecule has 0 amide bonds. The van der Waals surface area contributed by atoms with Crippen LogP contribution in [0.15, 0.2) is 48.5 Å². The number of aryl methyl sites for hydroxylation is 2. The van der Waals surface area contributed by atoms with Gasteiger partial charge < -0.3 is 10.2 Å². The summed E-state index contributed by atoms with van der Waals surface area (Å²) in [6, 6.07) is 14.5. The summed E-state index contributed by atoms with van der Waals surface area (Å²) in [7, 11) is 0. The lowest BCUT2D eigenvalue weighted by molar-refractivity contribution is 0.241. The molecule has 0 fully saturated rings. The van der Waals surface area contributed by atoms with E-state index in [2.05, 4.69) is 41.5 Å². The number of rotatable bonds is 5. The van der Waals surface area contributed by atoms with Crippen molar-refractivity contribution >= 4 is 0 Å². The Bertz CT molecular complexity index is 593. The number of benzene rings is 2. The highest BCUT2D eigenvalue weighted by atomic mass is 16.3. The van der Waals surface area contributed by atoms with E-state index in [1.165, 1.54) is 32.1 Å². The van der Waals surface area contributed by atoms with Gasteiger partial charge in [-0.1, -0.05) is 97.2 Å². The summed E-state index contributed by atoms with van der Waals surface area (Å²) >= 11 is 0. The average Bonchev–Trinajstić information content (AvgIpc) is 2.66. The Morgan fingerprint density at radius 1 is 0.655 bits per heavy atom. The van der Waals surface area contributed by atoms with Crippen molar-refractivity contribution in [3.05, 3.63) is 59.7 Å². The van der Waals surface area contributed by atoms with Gasteiger partial charge in [-0.2, -0.15) is 0 Å². The Kier molecular flexibility index (Phi) is 12.4. The molecule has 2 nitrogen and oxygen atoms in total. The maximum atomic E-state index is 8.92. The van der Waals surface area contributed by atoms with E-state index in [0.29, 0.717) is 22.3 Å². The fourth-order valence-corrected chi connectivity index (χ4v) is 2.78. The molecule has 2 aromatic carbocycles. The molecule has 0 aromatic heterocycles. The third kappa shape index (κ3) is 13.0. The SMILES string of the molecule is CCC(C)(CC)CCCC(C)(C)C.Cc1ccccc1O.Cc1ccccc1O. The summed E-state index contributed by atoms with van der Waals surface area (Å²) in [5.41, 5.74) is 2.97. The molecule has 0 bridgehead atoms. The topological polar surface area (TPSA) is 40.5 Å². The smallest absolute Gasteiger partial charge is 0.118 e. The van der Waals surface area contributed by atoms with Gasteiger partial charge in [0, 0.05) is 0 Å². The standard InChI is InChI=1S/C13H28.2C7H8O/c1-7-13(6,8-2)11-9-10-12(3,4)5;2*1-6-4-2-3-5-7(6)8/h7-11H2,1-6H3;2*2-5,8H,1H3. The molecule has 0 aliphatic heterocycles. The van der Waals surface area contributed by atoms with E-state index in [1.807, 2.05) is 50.2 Å². The highest BCUT2D eigenvalue weighted by Crippen LogP contribution is 2.33. The van der Waals surface area contributed by atoms with Crippen LogP contribution in [-0.4, -0.2) is 10.2 Å². The maximum absolute atomic E-state index is 8.92. The fraction of sp³-hybridized carbons (Fsp3) is 0.556. The normalized spacial score (nSPS) is 11.0. The monoisotopic (exact) mass is 400 g/mol. The van der Waals surface area contributed by atoms with Gasteiger partial charge in [0.1, 0.15) is 11.5 Å². The second-order valence-corrected chi connectivity index (χ2v) is 9.50. The van der Waals surface area contributed by atoms with Crippen LogP contribution in [0.25, 0.3) is 0 Å². The third-order valence-electron chi connectivity index (χ3n) is 5.65. The Morgan fingerprint density at radius 3 is 1.28 bits per heavy atom. The van der Waals surface area contributed by atoms with Crippen molar-refractivity contribution in [2.24, 2.45) is 10.8 Å². The minimum Gasteiger partial charge on any atom is -0.508 e. The van der Waals surface area contributed by atoms with Gasteiger partial charge in [0.2, 0.25) is 0 Å². The van der Waals surface area contributed by atoms with E-state index in [9.17, 15) is 0 Å². The molecule has 0 aliphatic rings. The number of hydrogen-bond donors (Lipinski definition) is 2. The molecule has 0 spiro atoms. The van der Waals surface area contributed by atoms with Gasteiger partial charge in [0.15, 0.2) is 0 Å². The van der Waals surface area contributed by atoms with Crippen molar-refractivity contribution in [2.75, 3.05) is 0 Å².